The van der Waals surface area contributed by atoms with Gasteiger partial charge in [-0.05, 0) is 19.8 Å². The van der Waals surface area contributed by atoms with E-state index in [1.54, 1.807) is 6.92 Å². The van der Waals surface area contributed by atoms with Gasteiger partial charge in [-0.3, -0.25) is 4.79 Å². The number of hydrogen-bond acceptors (Lipinski definition) is 1. The lowest BCUT2D eigenvalue weighted by atomic mass is 9.93. The van der Waals surface area contributed by atoms with Crippen molar-refractivity contribution in [3.63, 3.8) is 0 Å². The summed E-state index contributed by atoms with van der Waals surface area (Å²) in [5.41, 5.74) is 0.0145. The summed E-state index contributed by atoms with van der Waals surface area (Å²) in [6.45, 7) is 7.91. The molecule has 1 atom stereocenters. The van der Waals surface area contributed by atoms with Gasteiger partial charge in [0.05, 0.1) is 0 Å². The van der Waals surface area contributed by atoms with Gasteiger partial charge in [-0.25, -0.2) is 0 Å². The van der Waals surface area contributed by atoms with Crippen LogP contribution in [0, 0.1) is 0 Å². The normalized spacial score (nSPS) is 15.6. The van der Waals surface area contributed by atoms with E-state index in [1.807, 2.05) is 0 Å². The molecular formula is C9H19NO. The third-order valence-electron chi connectivity index (χ3n) is 2.06. The van der Waals surface area contributed by atoms with Gasteiger partial charge in [-0.15, -0.1) is 0 Å². The van der Waals surface area contributed by atoms with Crippen molar-refractivity contribution in [2.24, 2.45) is 0 Å². The molecule has 66 valence electrons. The summed E-state index contributed by atoms with van der Waals surface area (Å²) in [5, 5.41) is 2.97. The predicted molar refractivity (Wildman–Crippen MR) is 47.4 cm³/mol. The van der Waals surface area contributed by atoms with Gasteiger partial charge in [0.15, 0.2) is 0 Å². The molecule has 0 radical (unpaired) electrons. The molecule has 2 nitrogen and oxygen atoms in total. The molecule has 1 unspecified atom stereocenters. The minimum absolute atomic E-state index is 0.0145. The fraction of sp³-hybridized carbons (Fsp3) is 0.889. The molecule has 0 rings (SSSR count). The van der Waals surface area contributed by atoms with Crippen LogP contribution in [0.2, 0.25) is 0 Å². The van der Waals surface area contributed by atoms with E-state index in [4.69, 9.17) is 0 Å². The van der Waals surface area contributed by atoms with Crippen molar-refractivity contribution < 1.29 is 4.79 Å². The molecular weight excluding hydrogens is 138 g/mol. The maximum atomic E-state index is 10.8. The Morgan fingerprint density at radius 2 is 2.00 bits per heavy atom. The van der Waals surface area contributed by atoms with E-state index in [-0.39, 0.29) is 11.4 Å². The van der Waals surface area contributed by atoms with Gasteiger partial charge in [0.1, 0.15) is 0 Å². The molecule has 0 aromatic heterocycles. The van der Waals surface area contributed by atoms with Crippen molar-refractivity contribution >= 4 is 5.91 Å². The smallest absolute Gasteiger partial charge is 0.217 e. The third-order valence-corrected chi connectivity index (χ3v) is 2.06. The van der Waals surface area contributed by atoms with Crippen molar-refractivity contribution in [1.29, 1.82) is 0 Å². The van der Waals surface area contributed by atoms with Gasteiger partial charge in [0, 0.05) is 12.5 Å². The number of hydrogen-bond donors (Lipinski definition) is 1. The lowest BCUT2D eigenvalue weighted by Gasteiger charge is -2.28. The number of amides is 1. The van der Waals surface area contributed by atoms with Crippen LogP contribution in [0.25, 0.3) is 0 Å². The molecule has 0 heterocycles. The SMILES string of the molecule is CCCC(C)(CC)NC(C)=O. The molecule has 0 aliphatic carbocycles. The quantitative estimate of drug-likeness (QED) is 0.665. The molecule has 1 amide bonds. The average molecular weight is 157 g/mol. The van der Waals surface area contributed by atoms with Gasteiger partial charge >= 0.3 is 0 Å². The van der Waals surface area contributed by atoms with Crippen LogP contribution < -0.4 is 5.32 Å². The zero-order valence-electron chi connectivity index (χ0n) is 8.03. The van der Waals surface area contributed by atoms with Crippen LogP contribution >= 0.6 is 0 Å². The number of carbonyl (C=O) groups excluding carboxylic acids is 1. The van der Waals surface area contributed by atoms with Crippen LogP contribution in [0.1, 0.15) is 47.0 Å². The van der Waals surface area contributed by atoms with Crippen LogP contribution in [-0.2, 0) is 4.79 Å². The summed E-state index contributed by atoms with van der Waals surface area (Å²) < 4.78 is 0. The summed E-state index contributed by atoms with van der Waals surface area (Å²) in [7, 11) is 0. The Kier molecular flexibility index (Phi) is 4.16. The third kappa shape index (κ3) is 4.02. The van der Waals surface area contributed by atoms with E-state index in [2.05, 4.69) is 26.1 Å². The van der Waals surface area contributed by atoms with Crippen molar-refractivity contribution in [3.8, 4) is 0 Å². The molecule has 11 heavy (non-hydrogen) atoms. The first-order valence-electron chi connectivity index (χ1n) is 4.33. The Morgan fingerprint density at radius 1 is 1.45 bits per heavy atom. The molecule has 1 N–H and O–H groups in total. The monoisotopic (exact) mass is 157 g/mol. The van der Waals surface area contributed by atoms with Crippen molar-refractivity contribution in [3.05, 3.63) is 0 Å². The second-order valence-electron chi connectivity index (χ2n) is 3.35. The summed E-state index contributed by atoms with van der Waals surface area (Å²) in [6, 6.07) is 0. The Balaban J connectivity index is 3.98. The first-order valence-corrected chi connectivity index (χ1v) is 4.33. The van der Waals surface area contributed by atoms with Crippen LogP contribution in [0.3, 0.4) is 0 Å². The van der Waals surface area contributed by atoms with E-state index in [1.165, 1.54) is 0 Å². The van der Waals surface area contributed by atoms with Gasteiger partial charge < -0.3 is 5.32 Å². The standard InChI is InChI=1S/C9H19NO/c1-5-7-9(4,6-2)10-8(3)11/h5-7H2,1-4H3,(H,10,11). The molecule has 0 bridgehead atoms. The van der Waals surface area contributed by atoms with Crippen molar-refractivity contribution in [2.75, 3.05) is 0 Å². The zero-order valence-corrected chi connectivity index (χ0v) is 8.03. The van der Waals surface area contributed by atoms with E-state index in [9.17, 15) is 4.79 Å². The molecule has 0 spiro atoms. The average Bonchev–Trinajstić information content (AvgIpc) is 1.87. The van der Waals surface area contributed by atoms with Gasteiger partial charge in [-0.1, -0.05) is 20.3 Å². The summed E-state index contributed by atoms with van der Waals surface area (Å²) in [5.74, 6) is 0.0720. The molecule has 0 saturated carbocycles. The van der Waals surface area contributed by atoms with Crippen molar-refractivity contribution in [1.82, 2.24) is 5.32 Å². The van der Waals surface area contributed by atoms with Crippen LogP contribution in [-0.4, -0.2) is 11.4 Å². The molecule has 0 saturated heterocycles. The van der Waals surface area contributed by atoms with Crippen LogP contribution in [0.4, 0.5) is 0 Å². The summed E-state index contributed by atoms with van der Waals surface area (Å²) >= 11 is 0. The predicted octanol–water partition coefficient (Wildman–Crippen LogP) is 2.09. The number of nitrogens with one attached hydrogen (secondary N) is 1. The number of carbonyl (C=O) groups is 1. The van der Waals surface area contributed by atoms with E-state index in [0.29, 0.717) is 0 Å². The molecule has 0 aliphatic rings. The van der Waals surface area contributed by atoms with Crippen LogP contribution in [0.15, 0.2) is 0 Å². The Labute approximate surface area is 69.4 Å². The Bertz CT molecular complexity index is 134. The highest BCUT2D eigenvalue weighted by atomic mass is 16.1. The number of rotatable bonds is 4. The minimum Gasteiger partial charge on any atom is -0.351 e. The highest BCUT2D eigenvalue weighted by Gasteiger charge is 2.20. The van der Waals surface area contributed by atoms with Crippen molar-refractivity contribution in [2.45, 2.75) is 52.5 Å². The fourth-order valence-corrected chi connectivity index (χ4v) is 1.30. The lowest BCUT2D eigenvalue weighted by molar-refractivity contribution is -0.120. The highest BCUT2D eigenvalue weighted by Crippen LogP contribution is 2.15. The fourth-order valence-electron chi connectivity index (χ4n) is 1.30. The molecule has 0 aromatic rings. The largest absolute Gasteiger partial charge is 0.351 e. The molecule has 0 fully saturated rings. The maximum Gasteiger partial charge on any atom is 0.217 e. The summed E-state index contributed by atoms with van der Waals surface area (Å²) in [4.78, 5) is 10.8. The van der Waals surface area contributed by atoms with E-state index in [0.717, 1.165) is 19.3 Å². The van der Waals surface area contributed by atoms with Gasteiger partial charge in [0.2, 0.25) is 5.91 Å². The maximum absolute atomic E-state index is 10.8. The van der Waals surface area contributed by atoms with E-state index < -0.39 is 0 Å². The zero-order chi connectivity index (χ0) is 8.91. The first-order chi connectivity index (χ1) is 5.04. The minimum atomic E-state index is 0.0145. The Morgan fingerprint density at radius 3 is 2.27 bits per heavy atom. The second-order valence-corrected chi connectivity index (χ2v) is 3.35. The molecule has 2 heteroatoms. The summed E-state index contributed by atoms with van der Waals surface area (Å²) in [6.07, 6.45) is 3.17. The topological polar surface area (TPSA) is 29.1 Å². The highest BCUT2D eigenvalue weighted by molar-refractivity contribution is 5.73. The molecule has 0 aromatic carbocycles. The van der Waals surface area contributed by atoms with Gasteiger partial charge in [0.25, 0.3) is 0 Å². The second kappa shape index (κ2) is 4.37. The molecule has 0 aliphatic heterocycles. The first kappa shape index (κ1) is 10.5. The van der Waals surface area contributed by atoms with E-state index >= 15 is 0 Å². The lowest BCUT2D eigenvalue weighted by Crippen LogP contribution is -2.44. The van der Waals surface area contributed by atoms with Crippen LogP contribution in [0.5, 0.6) is 0 Å². The Hall–Kier alpha value is -0.530. The van der Waals surface area contributed by atoms with Gasteiger partial charge in [-0.2, -0.15) is 0 Å².